The molecule has 6 heteroatoms. The Hall–Kier alpha value is -1.37. The quantitative estimate of drug-likeness (QED) is 0.881. The first-order chi connectivity index (χ1) is 9.02. The fourth-order valence-corrected chi connectivity index (χ4v) is 2.95. The number of benzene rings is 1. The summed E-state index contributed by atoms with van der Waals surface area (Å²) in [5, 5.41) is 0.959. The third-order valence-corrected chi connectivity index (χ3v) is 4.20. The van der Waals surface area contributed by atoms with Gasteiger partial charge in [0.1, 0.15) is 11.3 Å². The third-order valence-electron chi connectivity index (χ3n) is 2.78. The van der Waals surface area contributed by atoms with Gasteiger partial charge < -0.3 is 9.15 Å². The van der Waals surface area contributed by atoms with Crippen LogP contribution in [-0.4, -0.2) is 27.9 Å². The average Bonchev–Trinajstić information content (AvgIpc) is 2.80. The van der Waals surface area contributed by atoms with Gasteiger partial charge >= 0.3 is 0 Å². The Labute approximate surface area is 112 Å². The third kappa shape index (κ3) is 3.56. The molecule has 5 nitrogen and oxygen atoms in total. The van der Waals surface area contributed by atoms with Gasteiger partial charge in [-0.15, -0.1) is 0 Å². The van der Waals surface area contributed by atoms with E-state index in [9.17, 15) is 8.42 Å². The van der Waals surface area contributed by atoms with Crippen molar-refractivity contribution in [2.24, 2.45) is 0 Å². The molecule has 1 aromatic carbocycles. The van der Waals surface area contributed by atoms with E-state index < -0.39 is 16.1 Å². The molecule has 1 atom stereocenters. The monoisotopic (exact) mass is 283 g/mol. The molecule has 0 saturated carbocycles. The molecule has 1 heterocycles. The van der Waals surface area contributed by atoms with E-state index in [0.717, 1.165) is 11.0 Å². The summed E-state index contributed by atoms with van der Waals surface area (Å²) in [7, 11) is -1.89. The van der Waals surface area contributed by atoms with Crippen LogP contribution in [0, 0.1) is 0 Å². The van der Waals surface area contributed by atoms with Crippen molar-refractivity contribution in [3.8, 4) is 0 Å². The molecule has 104 valence electrons. The number of rotatable bonds is 6. The topological polar surface area (TPSA) is 68.5 Å². The van der Waals surface area contributed by atoms with Crippen LogP contribution in [0.1, 0.15) is 18.7 Å². The molecule has 0 aliphatic carbocycles. The van der Waals surface area contributed by atoms with Gasteiger partial charge in [-0.05, 0) is 19.1 Å². The Morgan fingerprint density at radius 3 is 2.79 bits per heavy atom. The van der Waals surface area contributed by atoms with Crippen molar-refractivity contribution in [3.05, 3.63) is 36.1 Å². The number of para-hydroxylation sites is 1. The number of fused-ring (bicyclic) bond motifs is 1. The van der Waals surface area contributed by atoms with Gasteiger partial charge in [0.2, 0.25) is 10.0 Å². The number of furan rings is 1. The van der Waals surface area contributed by atoms with Crippen molar-refractivity contribution >= 4 is 21.0 Å². The fraction of sp³-hybridized carbons (Fsp3) is 0.385. The molecule has 0 fully saturated rings. The minimum atomic E-state index is -3.36. The Bertz CT molecular complexity index is 614. The lowest BCUT2D eigenvalue weighted by Crippen LogP contribution is -2.30. The molecule has 0 spiro atoms. The zero-order valence-electron chi connectivity index (χ0n) is 10.9. The second-order valence-corrected chi connectivity index (χ2v) is 6.21. The summed E-state index contributed by atoms with van der Waals surface area (Å²) in [6.07, 6.45) is 0. The smallest absolute Gasteiger partial charge is 0.214 e. The second-order valence-electron chi connectivity index (χ2n) is 4.34. The lowest BCUT2D eigenvalue weighted by atomic mass is 10.2. The van der Waals surface area contributed by atoms with Crippen LogP contribution in [0.4, 0.5) is 0 Å². The highest BCUT2D eigenvalue weighted by atomic mass is 32.2. The van der Waals surface area contributed by atoms with Crippen LogP contribution in [0.15, 0.2) is 34.7 Å². The van der Waals surface area contributed by atoms with Crippen LogP contribution in [-0.2, 0) is 14.8 Å². The van der Waals surface area contributed by atoms with Gasteiger partial charge in [-0.2, -0.15) is 0 Å². The summed E-state index contributed by atoms with van der Waals surface area (Å²) in [4.78, 5) is 0. The predicted molar refractivity (Wildman–Crippen MR) is 73.4 cm³/mol. The Balaban J connectivity index is 2.13. The Kier molecular flexibility index (Phi) is 4.24. The molecule has 1 aromatic heterocycles. The van der Waals surface area contributed by atoms with Crippen LogP contribution >= 0.6 is 0 Å². The molecule has 0 aliphatic heterocycles. The zero-order valence-corrected chi connectivity index (χ0v) is 11.7. The highest BCUT2D eigenvalue weighted by Crippen LogP contribution is 2.23. The Morgan fingerprint density at radius 1 is 1.37 bits per heavy atom. The lowest BCUT2D eigenvalue weighted by molar-refractivity contribution is 0.216. The van der Waals surface area contributed by atoms with Gasteiger partial charge in [-0.1, -0.05) is 18.2 Å². The molecule has 0 unspecified atom stereocenters. The van der Waals surface area contributed by atoms with E-state index in [1.54, 1.807) is 6.92 Å². The number of methoxy groups -OCH3 is 1. The summed E-state index contributed by atoms with van der Waals surface area (Å²) in [5.74, 6) is 0.538. The summed E-state index contributed by atoms with van der Waals surface area (Å²) < 4.78 is 36.5. The van der Waals surface area contributed by atoms with Gasteiger partial charge in [-0.3, -0.25) is 0 Å². The highest BCUT2D eigenvalue weighted by Gasteiger charge is 2.18. The van der Waals surface area contributed by atoms with Crippen molar-refractivity contribution in [2.45, 2.75) is 13.0 Å². The van der Waals surface area contributed by atoms with Crippen LogP contribution in [0.3, 0.4) is 0 Å². The van der Waals surface area contributed by atoms with Crippen molar-refractivity contribution in [1.29, 1.82) is 0 Å². The number of hydrogen-bond donors (Lipinski definition) is 1. The highest BCUT2D eigenvalue weighted by molar-refractivity contribution is 7.89. The van der Waals surface area contributed by atoms with E-state index in [1.165, 1.54) is 7.11 Å². The molecule has 19 heavy (non-hydrogen) atoms. The second kappa shape index (κ2) is 5.73. The summed E-state index contributed by atoms with van der Waals surface area (Å²) in [6, 6.07) is 9.00. The average molecular weight is 283 g/mol. The number of sulfonamides is 1. The largest absolute Gasteiger partial charge is 0.459 e. The lowest BCUT2D eigenvalue weighted by Gasteiger charge is -2.11. The zero-order chi connectivity index (χ0) is 13.9. The molecule has 0 aliphatic rings. The predicted octanol–water partition coefficient (Wildman–Crippen LogP) is 2.06. The first kappa shape index (κ1) is 14.0. The Morgan fingerprint density at radius 2 is 2.11 bits per heavy atom. The maximum absolute atomic E-state index is 11.8. The molecule has 0 bridgehead atoms. The first-order valence-corrected chi connectivity index (χ1v) is 7.64. The number of ether oxygens (including phenoxy) is 1. The van der Waals surface area contributed by atoms with E-state index in [-0.39, 0.29) is 12.4 Å². The first-order valence-electron chi connectivity index (χ1n) is 5.99. The maximum Gasteiger partial charge on any atom is 0.214 e. The van der Waals surface area contributed by atoms with Gasteiger partial charge in [0.05, 0.1) is 18.4 Å². The fourth-order valence-electron chi connectivity index (χ4n) is 1.80. The van der Waals surface area contributed by atoms with E-state index in [0.29, 0.717) is 5.76 Å². The molecule has 2 aromatic rings. The summed E-state index contributed by atoms with van der Waals surface area (Å²) >= 11 is 0. The molecule has 0 amide bonds. The van der Waals surface area contributed by atoms with Crippen LogP contribution in [0.25, 0.3) is 11.0 Å². The van der Waals surface area contributed by atoms with Gasteiger partial charge in [0.25, 0.3) is 0 Å². The van der Waals surface area contributed by atoms with E-state index in [2.05, 4.69) is 4.72 Å². The summed E-state index contributed by atoms with van der Waals surface area (Å²) in [6.45, 7) is 1.92. The van der Waals surface area contributed by atoms with Crippen molar-refractivity contribution in [2.75, 3.05) is 19.5 Å². The van der Waals surface area contributed by atoms with Crippen molar-refractivity contribution < 1.29 is 17.6 Å². The number of hydrogen-bond acceptors (Lipinski definition) is 4. The van der Waals surface area contributed by atoms with Crippen LogP contribution in [0.5, 0.6) is 0 Å². The molecule has 1 N–H and O–H groups in total. The van der Waals surface area contributed by atoms with Crippen LogP contribution in [0.2, 0.25) is 0 Å². The minimum absolute atomic E-state index is 0.0614. The minimum Gasteiger partial charge on any atom is -0.459 e. The van der Waals surface area contributed by atoms with Crippen LogP contribution < -0.4 is 4.72 Å². The molecular weight excluding hydrogens is 266 g/mol. The maximum atomic E-state index is 11.8. The van der Waals surface area contributed by atoms with Gasteiger partial charge in [0.15, 0.2) is 0 Å². The molecule has 0 saturated heterocycles. The van der Waals surface area contributed by atoms with E-state index >= 15 is 0 Å². The van der Waals surface area contributed by atoms with E-state index in [4.69, 9.17) is 9.15 Å². The number of nitrogens with one attached hydrogen (secondary N) is 1. The standard InChI is InChI=1S/C13H17NO4S/c1-10(14-19(15,16)8-7-17-2)13-9-11-5-3-4-6-12(11)18-13/h3-6,9-10,14H,7-8H2,1-2H3/t10-/m1/s1. The van der Waals surface area contributed by atoms with Crippen molar-refractivity contribution in [1.82, 2.24) is 4.72 Å². The van der Waals surface area contributed by atoms with E-state index in [1.807, 2.05) is 30.3 Å². The molecular formula is C13H17NO4S. The van der Waals surface area contributed by atoms with Gasteiger partial charge in [0, 0.05) is 12.5 Å². The SMILES string of the molecule is COCCS(=O)(=O)N[C@H](C)c1cc2ccccc2o1. The van der Waals surface area contributed by atoms with Crippen molar-refractivity contribution in [3.63, 3.8) is 0 Å². The molecule has 0 radical (unpaired) electrons. The normalized spacial score (nSPS) is 13.8. The summed E-state index contributed by atoms with van der Waals surface area (Å²) in [5.41, 5.74) is 0.750. The molecule has 2 rings (SSSR count). The van der Waals surface area contributed by atoms with Gasteiger partial charge in [-0.25, -0.2) is 13.1 Å².